The third-order valence-electron chi connectivity index (χ3n) is 7.37. The van der Waals surface area contributed by atoms with Crippen molar-refractivity contribution in [3.05, 3.63) is 52.6 Å². The summed E-state index contributed by atoms with van der Waals surface area (Å²) < 4.78 is 0. The molecule has 1 aromatic carbocycles. The molecule has 0 spiro atoms. The average molecular weight is 429 g/mol. The maximum Gasteiger partial charge on any atom is 0.188 e. The zero-order valence-electron chi connectivity index (χ0n) is 20.4. The molecule has 0 radical (unpaired) electrons. The Morgan fingerprint density at radius 3 is 2.47 bits per heavy atom. The summed E-state index contributed by atoms with van der Waals surface area (Å²) in [5.74, 6) is 0.941. The van der Waals surface area contributed by atoms with Gasteiger partial charge in [0, 0.05) is 11.5 Å². The normalized spacial score (nSPS) is 20.2. The first-order valence-electron chi connectivity index (χ1n) is 11.8. The van der Waals surface area contributed by atoms with E-state index in [0.29, 0.717) is 11.7 Å². The van der Waals surface area contributed by atoms with Crippen LogP contribution in [0.2, 0.25) is 18.1 Å². The molecular formula is C27H44O2Si. The standard InChI is InChI=1S/C27H44O2Si/c1-9-10-11-12-21-16-22(18-27(5,6)30(7,8)29)26(25(28)17-21)24-15-20(4)13-14-23(24)19(2)3/h15-17,23-24,28-29H,2,9-14,18H2,1,3-8H3/t23-,24+/m0/s1. The number of benzene rings is 1. The van der Waals surface area contributed by atoms with E-state index in [1.807, 2.05) is 19.2 Å². The monoisotopic (exact) mass is 428 g/mol. The maximum atomic E-state index is 11.3. The molecular weight excluding hydrogens is 384 g/mol. The van der Waals surface area contributed by atoms with Crippen LogP contribution < -0.4 is 0 Å². The largest absolute Gasteiger partial charge is 0.508 e. The molecule has 0 bridgehead atoms. The summed E-state index contributed by atoms with van der Waals surface area (Å²) in [4.78, 5) is 11.0. The summed E-state index contributed by atoms with van der Waals surface area (Å²) in [6.07, 6.45) is 9.88. The molecule has 0 aromatic heterocycles. The predicted octanol–water partition coefficient (Wildman–Crippen LogP) is 7.66. The van der Waals surface area contributed by atoms with Gasteiger partial charge in [0.05, 0.1) is 0 Å². The van der Waals surface area contributed by atoms with Crippen molar-refractivity contribution in [3.8, 4) is 5.75 Å². The molecule has 168 valence electrons. The number of aryl methyl sites for hydroxylation is 1. The third kappa shape index (κ3) is 5.88. The van der Waals surface area contributed by atoms with E-state index in [1.54, 1.807) is 0 Å². The summed E-state index contributed by atoms with van der Waals surface area (Å²) in [6, 6.07) is 4.32. The van der Waals surface area contributed by atoms with Gasteiger partial charge in [-0.15, -0.1) is 0 Å². The van der Waals surface area contributed by atoms with Crippen LogP contribution in [0.4, 0.5) is 0 Å². The molecule has 3 heteroatoms. The molecule has 0 amide bonds. The summed E-state index contributed by atoms with van der Waals surface area (Å²) in [7, 11) is -2.37. The Bertz CT molecular complexity index is 783. The summed E-state index contributed by atoms with van der Waals surface area (Å²) >= 11 is 0. The Hall–Kier alpha value is -1.32. The summed E-state index contributed by atoms with van der Waals surface area (Å²) in [6.45, 7) is 19.2. The third-order valence-corrected chi connectivity index (χ3v) is 10.9. The second-order valence-corrected chi connectivity index (χ2v) is 15.3. The molecule has 0 saturated carbocycles. The highest BCUT2D eigenvalue weighted by Gasteiger charge is 2.40. The van der Waals surface area contributed by atoms with Gasteiger partial charge < -0.3 is 9.90 Å². The van der Waals surface area contributed by atoms with E-state index >= 15 is 0 Å². The van der Waals surface area contributed by atoms with Crippen molar-refractivity contribution in [1.82, 2.24) is 0 Å². The van der Waals surface area contributed by atoms with Crippen LogP contribution in [0.5, 0.6) is 5.75 Å². The van der Waals surface area contributed by atoms with Crippen LogP contribution in [0.25, 0.3) is 0 Å². The van der Waals surface area contributed by atoms with E-state index in [2.05, 4.69) is 53.3 Å². The molecule has 2 atom stereocenters. The topological polar surface area (TPSA) is 40.5 Å². The molecule has 2 N–H and O–H groups in total. The smallest absolute Gasteiger partial charge is 0.188 e. The number of unbranched alkanes of at least 4 members (excludes halogenated alkanes) is 2. The van der Waals surface area contributed by atoms with Gasteiger partial charge >= 0.3 is 0 Å². The number of rotatable bonds is 9. The Balaban J connectivity index is 2.59. The minimum absolute atomic E-state index is 0.162. The highest BCUT2D eigenvalue weighted by atomic mass is 28.4. The van der Waals surface area contributed by atoms with E-state index in [-0.39, 0.29) is 11.0 Å². The van der Waals surface area contributed by atoms with Gasteiger partial charge in [-0.1, -0.05) is 63.5 Å². The number of allylic oxidation sites excluding steroid dienone is 3. The second kappa shape index (κ2) is 9.87. The van der Waals surface area contributed by atoms with Crippen LogP contribution in [0.3, 0.4) is 0 Å². The van der Waals surface area contributed by atoms with E-state index in [0.717, 1.165) is 37.7 Å². The number of aromatic hydroxyl groups is 1. The van der Waals surface area contributed by atoms with E-state index in [4.69, 9.17) is 0 Å². The van der Waals surface area contributed by atoms with Gasteiger partial charge in [-0.25, -0.2) is 0 Å². The van der Waals surface area contributed by atoms with E-state index in [9.17, 15) is 9.90 Å². The van der Waals surface area contributed by atoms with Crippen molar-refractivity contribution in [2.24, 2.45) is 5.92 Å². The van der Waals surface area contributed by atoms with Gasteiger partial charge in [0.25, 0.3) is 0 Å². The zero-order valence-corrected chi connectivity index (χ0v) is 21.4. The van der Waals surface area contributed by atoms with Crippen molar-refractivity contribution in [1.29, 1.82) is 0 Å². The number of hydrogen-bond acceptors (Lipinski definition) is 2. The molecule has 0 saturated heterocycles. The number of phenols is 1. The molecule has 1 aliphatic rings. The van der Waals surface area contributed by atoms with Gasteiger partial charge in [0.2, 0.25) is 0 Å². The quantitative estimate of drug-likeness (QED) is 0.241. The lowest BCUT2D eigenvalue weighted by atomic mass is 9.72. The molecule has 0 aliphatic heterocycles. The van der Waals surface area contributed by atoms with Gasteiger partial charge in [0.1, 0.15) is 5.75 Å². The van der Waals surface area contributed by atoms with Gasteiger partial charge in [0.15, 0.2) is 8.32 Å². The Morgan fingerprint density at radius 1 is 1.23 bits per heavy atom. The Morgan fingerprint density at radius 2 is 1.90 bits per heavy atom. The molecule has 2 rings (SSSR count). The van der Waals surface area contributed by atoms with Crippen molar-refractivity contribution in [3.63, 3.8) is 0 Å². The van der Waals surface area contributed by atoms with E-state index < -0.39 is 8.32 Å². The maximum absolute atomic E-state index is 11.3. The van der Waals surface area contributed by atoms with Crippen molar-refractivity contribution >= 4 is 8.32 Å². The first-order valence-corrected chi connectivity index (χ1v) is 14.7. The average Bonchev–Trinajstić information content (AvgIpc) is 2.60. The van der Waals surface area contributed by atoms with Crippen molar-refractivity contribution in [2.45, 2.75) is 104 Å². The molecule has 30 heavy (non-hydrogen) atoms. The highest BCUT2D eigenvalue weighted by molar-refractivity contribution is 6.72. The minimum atomic E-state index is -2.37. The fourth-order valence-corrected chi connectivity index (χ4v) is 5.24. The lowest BCUT2D eigenvalue weighted by Crippen LogP contribution is -2.40. The minimum Gasteiger partial charge on any atom is -0.508 e. The number of hydrogen-bond donors (Lipinski definition) is 2. The molecule has 1 aliphatic carbocycles. The van der Waals surface area contributed by atoms with Crippen molar-refractivity contribution in [2.75, 3.05) is 0 Å². The lowest BCUT2D eigenvalue weighted by molar-refractivity contribution is 0.428. The van der Waals surface area contributed by atoms with Crippen LogP contribution >= 0.6 is 0 Å². The fourth-order valence-electron chi connectivity index (χ4n) is 4.61. The first-order chi connectivity index (χ1) is 13.9. The first kappa shape index (κ1) is 24.9. The second-order valence-electron chi connectivity index (χ2n) is 10.8. The summed E-state index contributed by atoms with van der Waals surface area (Å²) in [5, 5.41) is 11.1. The van der Waals surface area contributed by atoms with Crippen LogP contribution in [0, 0.1) is 5.92 Å². The van der Waals surface area contributed by atoms with E-state index in [1.165, 1.54) is 35.1 Å². The van der Waals surface area contributed by atoms with Crippen LogP contribution in [0.15, 0.2) is 35.9 Å². The molecule has 2 nitrogen and oxygen atoms in total. The molecule has 0 fully saturated rings. The molecule has 1 aromatic rings. The number of phenolic OH excluding ortho intramolecular Hbond substituents is 1. The Kier molecular flexibility index (Phi) is 8.20. The SMILES string of the molecule is C=C(C)[C@@H]1CCC(C)=C[C@H]1c1c(O)cc(CCCCC)cc1CC(C)(C)[Si](C)(C)O. The Labute approximate surface area is 186 Å². The molecule has 0 heterocycles. The van der Waals surface area contributed by atoms with Gasteiger partial charge in [-0.05, 0) is 87.2 Å². The lowest BCUT2D eigenvalue weighted by Gasteiger charge is -2.38. The van der Waals surface area contributed by atoms with Crippen LogP contribution in [-0.4, -0.2) is 18.2 Å². The van der Waals surface area contributed by atoms with Crippen LogP contribution in [-0.2, 0) is 12.8 Å². The van der Waals surface area contributed by atoms with Crippen LogP contribution in [0.1, 0.15) is 89.3 Å². The molecule has 0 unspecified atom stereocenters. The fraction of sp³-hybridized carbons (Fsp3) is 0.630. The van der Waals surface area contributed by atoms with Crippen molar-refractivity contribution < 1.29 is 9.90 Å². The highest BCUT2D eigenvalue weighted by Crippen LogP contribution is 2.47. The van der Waals surface area contributed by atoms with Gasteiger partial charge in [-0.3, -0.25) is 0 Å². The predicted molar refractivity (Wildman–Crippen MR) is 133 cm³/mol. The summed E-state index contributed by atoms with van der Waals surface area (Å²) in [5.41, 5.74) is 6.08. The van der Waals surface area contributed by atoms with Gasteiger partial charge in [-0.2, -0.15) is 0 Å². The zero-order chi connectivity index (χ0) is 22.7.